The third kappa shape index (κ3) is 3.64. The monoisotopic (exact) mass is 594 g/mol. The Morgan fingerprint density at radius 3 is 0.935 bits per heavy atom. The number of carbonyl (C=O) groups excluding carboxylic acids is 4. The van der Waals surface area contributed by atoms with Crippen molar-refractivity contribution >= 4 is 99.6 Å². The Hall–Kier alpha value is -6.40. The number of rotatable bonds is 2. The average Bonchev–Trinajstić information content (AvgIpc) is 3.60. The Morgan fingerprint density at radius 2 is 0.587 bits per heavy atom. The van der Waals surface area contributed by atoms with Crippen LogP contribution in [-0.4, -0.2) is 23.6 Å². The van der Waals surface area contributed by atoms with E-state index in [1.54, 1.807) is 0 Å². The fourth-order valence-electron chi connectivity index (χ4n) is 7.11. The molecule has 0 aromatic heterocycles. The summed E-state index contributed by atoms with van der Waals surface area (Å²) in [5, 5.41) is 13.3. The van der Waals surface area contributed by atoms with Crippen LogP contribution in [0.3, 0.4) is 0 Å². The standard InChI is InChI=1S/2C20H11NO2/c2*22-17-10-11-18(23)21(17)16-9-7-14-5-4-12-2-1-3-13-6-8-15(16)20(14)19(12)13/h2*1-11H. The SMILES string of the molecule is O=C1C=CC(=O)N1c1ccc2ccc3cccc4ccc1c2c34.O=C1C=CC(=O)N1c1ccc2ccc3cccc4ccc1c2c34. The van der Waals surface area contributed by atoms with Gasteiger partial charge in [0.2, 0.25) is 0 Å². The van der Waals surface area contributed by atoms with Gasteiger partial charge in [0.1, 0.15) is 0 Å². The molecule has 46 heavy (non-hydrogen) atoms. The van der Waals surface area contributed by atoms with Crippen LogP contribution in [-0.2, 0) is 19.2 Å². The van der Waals surface area contributed by atoms with Gasteiger partial charge in [-0.05, 0) is 66.0 Å². The predicted octanol–water partition coefficient (Wildman–Crippen LogP) is 8.03. The Labute approximate surface area is 261 Å². The molecule has 2 heterocycles. The number of carbonyl (C=O) groups is 4. The first-order valence-corrected chi connectivity index (χ1v) is 14.9. The lowest BCUT2D eigenvalue weighted by Gasteiger charge is -2.19. The third-order valence-corrected chi connectivity index (χ3v) is 9.11. The molecule has 0 saturated carbocycles. The van der Waals surface area contributed by atoms with Crippen LogP contribution in [0.4, 0.5) is 11.4 Å². The van der Waals surface area contributed by atoms with Crippen LogP contribution in [0.1, 0.15) is 0 Å². The second-order valence-corrected chi connectivity index (χ2v) is 11.6. The summed E-state index contributed by atoms with van der Waals surface area (Å²) in [4.78, 5) is 50.7. The molecule has 8 aromatic rings. The van der Waals surface area contributed by atoms with Crippen LogP contribution in [0.2, 0.25) is 0 Å². The molecule has 0 radical (unpaired) electrons. The maximum Gasteiger partial charge on any atom is 0.258 e. The summed E-state index contributed by atoms with van der Waals surface area (Å²) in [6, 6.07) is 36.6. The molecule has 0 atom stereocenters. The van der Waals surface area contributed by atoms with Gasteiger partial charge in [0.05, 0.1) is 11.4 Å². The van der Waals surface area contributed by atoms with Gasteiger partial charge in [0.15, 0.2) is 0 Å². The lowest BCUT2D eigenvalue weighted by atomic mass is 9.93. The molecule has 2 aliphatic heterocycles. The molecule has 0 N–H and O–H groups in total. The Bertz CT molecular complexity index is 2430. The third-order valence-electron chi connectivity index (χ3n) is 9.11. The minimum atomic E-state index is -0.287. The lowest BCUT2D eigenvalue weighted by Crippen LogP contribution is -2.29. The van der Waals surface area contributed by atoms with E-state index in [0.717, 1.165) is 53.9 Å². The first-order chi connectivity index (χ1) is 22.5. The number of benzene rings is 8. The molecular formula is C40H22N2O4. The van der Waals surface area contributed by atoms with Crippen LogP contribution < -0.4 is 9.80 Å². The highest BCUT2D eigenvalue weighted by Crippen LogP contribution is 2.41. The summed E-state index contributed by atoms with van der Waals surface area (Å²) in [6.45, 7) is 0. The van der Waals surface area contributed by atoms with Crippen molar-refractivity contribution in [1.82, 2.24) is 0 Å². The summed E-state index contributed by atoms with van der Waals surface area (Å²) in [5.41, 5.74) is 1.30. The van der Waals surface area contributed by atoms with Crippen molar-refractivity contribution in [2.45, 2.75) is 0 Å². The van der Waals surface area contributed by atoms with Gasteiger partial charge < -0.3 is 0 Å². The summed E-state index contributed by atoms with van der Waals surface area (Å²) >= 11 is 0. The maximum absolute atomic E-state index is 12.1. The van der Waals surface area contributed by atoms with E-state index >= 15 is 0 Å². The summed E-state index contributed by atoms with van der Waals surface area (Å²) in [7, 11) is 0. The van der Waals surface area contributed by atoms with E-state index in [-0.39, 0.29) is 23.6 Å². The van der Waals surface area contributed by atoms with Crippen LogP contribution in [0.5, 0.6) is 0 Å². The highest BCUT2D eigenvalue weighted by atomic mass is 16.2. The smallest absolute Gasteiger partial charge is 0.258 e. The molecule has 6 nitrogen and oxygen atoms in total. The van der Waals surface area contributed by atoms with E-state index in [1.165, 1.54) is 44.9 Å². The molecule has 0 unspecified atom stereocenters. The number of anilines is 2. The summed E-state index contributed by atoms with van der Waals surface area (Å²) in [6.07, 6.45) is 5.28. The van der Waals surface area contributed by atoms with E-state index in [4.69, 9.17) is 0 Å². The number of hydrogen-bond donors (Lipinski definition) is 0. The molecule has 4 amide bonds. The molecule has 0 bridgehead atoms. The van der Waals surface area contributed by atoms with Gasteiger partial charge in [-0.1, -0.05) is 97.1 Å². The zero-order chi connectivity index (χ0) is 31.1. The van der Waals surface area contributed by atoms with Gasteiger partial charge in [0.25, 0.3) is 23.6 Å². The quantitative estimate of drug-likeness (QED) is 0.150. The van der Waals surface area contributed by atoms with Gasteiger partial charge in [-0.3, -0.25) is 19.2 Å². The van der Waals surface area contributed by atoms with E-state index in [2.05, 4.69) is 48.5 Å². The van der Waals surface area contributed by atoms with E-state index in [0.29, 0.717) is 11.4 Å². The second kappa shape index (κ2) is 9.55. The number of amides is 4. The maximum atomic E-state index is 12.1. The Morgan fingerprint density at radius 1 is 0.304 bits per heavy atom. The van der Waals surface area contributed by atoms with Crippen molar-refractivity contribution in [1.29, 1.82) is 0 Å². The zero-order valence-corrected chi connectivity index (χ0v) is 24.2. The second-order valence-electron chi connectivity index (χ2n) is 11.6. The number of hydrogen-bond acceptors (Lipinski definition) is 4. The number of nitrogens with zero attached hydrogens (tertiary/aromatic N) is 2. The molecular weight excluding hydrogens is 572 g/mol. The first kappa shape index (κ1) is 26.0. The molecule has 2 aliphatic rings. The van der Waals surface area contributed by atoms with Crippen molar-refractivity contribution < 1.29 is 19.2 Å². The average molecular weight is 595 g/mol. The Balaban J connectivity index is 0.000000127. The van der Waals surface area contributed by atoms with Crippen LogP contribution in [0.15, 0.2) is 133 Å². The molecule has 10 rings (SSSR count). The molecule has 0 saturated heterocycles. The van der Waals surface area contributed by atoms with Crippen LogP contribution in [0, 0.1) is 0 Å². The lowest BCUT2D eigenvalue weighted by molar-refractivity contribution is -0.121. The molecule has 0 aliphatic carbocycles. The minimum absolute atomic E-state index is 0.287. The van der Waals surface area contributed by atoms with Crippen molar-refractivity contribution in [2.24, 2.45) is 0 Å². The molecule has 8 aromatic carbocycles. The first-order valence-electron chi connectivity index (χ1n) is 14.9. The van der Waals surface area contributed by atoms with Gasteiger partial charge in [-0.25, -0.2) is 9.80 Å². The fourth-order valence-corrected chi connectivity index (χ4v) is 7.11. The molecule has 216 valence electrons. The van der Waals surface area contributed by atoms with Crippen LogP contribution in [0.25, 0.3) is 64.6 Å². The normalized spacial score (nSPS) is 14.9. The summed E-state index contributed by atoms with van der Waals surface area (Å²) < 4.78 is 0. The highest BCUT2D eigenvalue weighted by molar-refractivity contribution is 6.34. The van der Waals surface area contributed by atoms with E-state index in [1.807, 2.05) is 60.7 Å². The molecule has 0 spiro atoms. The van der Waals surface area contributed by atoms with E-state index < -0.39 is 0 Å². The van der Waals surface area contributed by atoms with Crippen molar-refractivity contribution in [3.8, 4) is 0 Å². The van der Waals surface area contributed by atoms with Gasteiger partial charge in [0, 0.05) is 35.1 Å². The molecule has 6 heteroatoms. The fraction of sp³-hybridized carbons (Fsp3) is 0. The van der Waals surface area contributed by atoms with Crippen molar-refractivity contribution in [3.63, 3.8) is 0 Å². The van der Waals surface area contributed by atoms with Crippen molar-refractivity contribution in [3.05, 3.63) is 133 Å². The topological polar surface area (TPSA) is 74.8 Å². The highest BCUT2D eigenvalue weighted by Gasteiger charge is 2.28. The van der Waals surface area contributed by atoms with Gasteiger partial charge >= 0.3 is 0 Å². The summed E-state index contributed by atoms with van der Waals surface area (Å²) in [5.74, 6) is -1.15. The van der Waals surface area contributed by atoms with E-state index in [9.17, 15) is 19.2 Å². The molecule has 0 fully saturated rings. The predicted molar refractivity (Wildman–Crippen MR) is 184 cm³/mol. The number of imide groups is 2. The van der Waals surface area contributed by atoms with Crippen molar-refractivity contribution in [2.75, 3.05) is 9.80 Å². The minimum Gasteiger partial charge on any atom is -0.269 e. The Kier molecular flexibility index (Phi) is 5.41. The van der Waals surface area contributed by atoms with Crippen LogP contribution >= 0.6 is 0 Å². The van der Waals surface area contributed by atoms with Gasteiger partial charge in [-0.15, -0.1) is 0 Å². The largest absolute Gasteiger partial charge is 0.269 e. The zero-order valence-electron chi connectivity index (χ0n) is 24.2. The van der Waals surface area contributed by atoms with Gasteiger partial charge in [-0.2, -0.15) is 0 Å².